The van der Waals surface area contributed by atoms with Gasteiger partial charge < -0.3 is 5.32 Å². The van der Waals surface area contributed by atoms with Crippen LogP contribution >= 0.6 is 11.6 Å². The van der Waals surface area contributed by atoms with E-state index in [-0.39, 0.29) is 11.7 Å². The predicted molar refractivity (Wildman–Crippen MR) is 81.5 cm³/mol. The Bertz CT molecular complexity index is 720. The molecule has 1 saturated heterocycles. The van der Waals surface area contributed by atoms with Crippen LogP contribution in [0.2, 0.25) is 5.02 Å². The SMILES string of the molecule is CCC1(c2ccc(Cl)cc2)NC(=O)N(c2cccnn2)C1=O. The fourth-order valence-corrected chi connectivity index (χ4v) is 2.70. The number of nitrogens with one attached hydrogen (secondary N) is 1. The van der Waals surface area contributed by atoms with Crippen LogP contribution in [0.4, 0.5) is 10.6 Å². The molecule has 1 atom stereocenters. The minimum absolute atomic E-state index is 0.203. The number of anilines is 1. The largest absolute Gasteiger partial charge is 0.331 e. The average molecular weight is 317 g/mol. The van der Waals surface area contributed by atoms with Crippen molar-refractivity contribution in [3.63, 3.8) is 0 Å². The summed E-state index contributed by atoms with van der Waals surface area (Å²) in [5.74, 6) is -0.169. The van der Waals surface area contributed by atoms with Crippen LogP contribution < -0.4 is 10.2 Å². The summed E-state index contributed by atoms with van der Waals surface area (Å²) in [4.78, 5) is 26.2. The van der Waals surface area contributed by atoms with Gasteiger partial charge in [0, 0.05) is 11.2 Å². The third-order valence-electron chi connectivity index (χ3n) is 3.75. The van der Waals surface area contributed by atoms with Gasteiger partial charge >= 0.3 is 6.03 Å². The van der Waals surface area contributed by atoms with Crippen molar-refractivity contribution in [2.45, 2.75) is 18.9 Å². The van der Waals surface area contributed by atoms with Crippen molar-refractivity contribution in [1.29, 1.82) is 0 Å². The number of rotatable bonds is 3. The van der Waals surface area contributed by atoms with E-state index in [1.807, 2.05) is 6.92 Å². The Labute approximate surface area is 132 Å². The van der Waals surface area contributed by atoms with Gasteiger partial charge in [0.15, 0.2) is 5.82 Å². The maximum absolute atomic E-state index is 12.9. The molecule has 1 N–H and O–H groups in total. The first kappa shape index (κ1) is 14.5. The van der Waals surface area contributed by atoms with Crippen molar-refractivity contribution in [2.24, 2.45) is 0 Å². The third-order valence-corrected chi connectivity index (χ3v) is 4.00. The summed E-state index contributed by atoms with van der Waals surface area (Å²) in [6.07, 6.45) is 1.89. The first-order valence-electron chi connectivity index (χ1n) is 6.79. The van der Waals surface area contributed by atoms with Gasteiger partial charge in [-0.3, -0.25) is 4.79 Å². The number of halogens is 1. The molecule has 112 valence electrons. The Kier molecular flexibility index (Phi) is 3.54. The number of nitrogens with zero attached hydrogens (tertiary/aromatic N) is 3. The normalized spacial score (nSPS) is 21.1. The van der Waals surface area contributed by atoms with Gasteiger partial charge in [-0.05, 0) is 36.2 Å². The molecule has 0 bridgehead atoms. The van der Waals surface area contributed by atoms with Crippen LogP contribution in [-0.4, -0.2) is 22.1 Å². The number of urea groups is 1. The summed E-state index contributed by atoms with van der Waals surface area (Å²) in [6.45, 7) is 1.84. The molecule has 3 rings (SSSR count). The van der Waals surface area contributed by atoms with E-state index in [1.54, 1.807) is 36.4 Å². The zero-order valence-corrected chi connectivity index (χ0v) is 12.5. The maximum atomic E-state index is 12.9. The maximum Gasteiger partial charge on any atom is 0.331 e. The van der Waals surface area contributed by atoms with Crippen LogP contribution in [0.3, 0.4) is 0 Å². The number of hydrogen-bond acceptors (Lipinski definition) is 4. The van der Waals surface area contributed by atoms with Crippen molar-refractivity contribution < 1.29 is 9.59 Å². The molecule has 0 saturated carbocycles. The molecule has 0 aliphatic carbocycles. The van der Waals surface area contributed by atoms with E-state index in [1.165, 1.54) is 6.20 Å². The van der Waals surface area contributed by atoms with Gasteiger partial charge in [-0.25, -0.2) is 9.69 Å². The summed E-state index contributed by atoms with van der Waals surface area (Å²) in [5.41, 5.74) is -0.428. The third kappa shape index (κ3) is 2.12. The molecule has 0 radical (unpaired) electrons. The standard InChI is InChI=1S/C15H13ClN4O2/c1-2-15(10-5-7-11(16)8-6-10)13(21)20(14(22)18-15)12-4-3-9-17-19-12/h3-9H,2H2,1H3,(H,18,22). The van der Waals surface area contributed by atoms with Crippen LogP contribution in [0.5, 0.6) is 0 Å². The lowest BCUT2D eigenvalue weighted by atomic mass is 9.87. The highest BCUT2D eigenvalue weighted by Crippen LogP contribution is 2.34. The molecule has 7 heteroatoms. The van der Waals surface area contributed by atoms with Crippen LogP contribution in [0, 0.1) is 0 Å². The van der Waals surface area contributed by atoms with Gasteiger partial charge in [0.2, 0.25) is 0 Å². The smallest absolute Gasteiger partial charge is 0.319 e. The number of imide groups is 1. The summed E-state index contributed by atoms with van der Waals surface area (Å²) in [7, 11) is 0. The molecule has 2 aromatic rings. The zero-order valence-electron chi connectivity index (χ0n) is 11.8. The van der Waals surface area contributed by atoms with Gasteiger partial charge in [-0.2, -0.15) is 5.10 Å². The monoisotopic (exact) mass is 316 g/mol. The topological polar surface area (TPSA) is 75.2 Å². The summed E-state index contributed by atoms with van der Waals surface area (Å²) >= 11 is 5.90. The molecule has 1 aliphatic rings. The van der Waals surface area contributed by atoms with E-state index < -0.39 is 11.6 Å². The second kappa shape index (κ2) is 5.38. The van der Waals surface area contributed by atoms with E-state index in [0.717, 1.165) is 4.90 Å². The number of hydrogen-bond donors (Lipinski definition) is 1. The molecule has 3 amide bonds. The van der Waals surface area contributed by atoms with E-state index >= 15 is 0 Å². The number of aromatic nitrogens is 2. The number of carbonyl (C=O) groups is 2. The molecule has 1 aliphatic heterocycles. The summed E-state index contributed by atoms with van der Waals surface area (Å²) in [6, 6.07) is 9.54. The van der Waals surface area contributed by atoms with Gasteiger partial charge in [0.1, 0.15) is 5.54 Å². The van der Waals surface area contributed by atoms with Gasteiger partial charge in [-0.15, -0.1) is 5.10 Å². The van der Waals surface area contributed by atoms with Gasteiger partial charge in [0.25, 0.3) is 5.91 Å². The number of benzene rings is 1. The fourth-order valence-electron chi connectivity index (χ4n) is 2.57. The van der Waals surface area contributed by atoms with Crippen molar-refractivity contribution in [3.05, 3.63) is 53.2 Å². The Morgan fingerprint density at radius 3 is 2.55 bits per heavy atom. The Balaban J connectivity index is 2.06. The quantitative estimate of drug-likeness (QED) is 0.883. The number of amides is 3. The number of carbonyl (C=O) groups excluding carboxylic acids is 2. The Morgan fingerprint density at radius 1 is 1.23 bits per heavy atom. The first-order valence-corrected chi connectivity index (χ1v) is 7.17. The zero-order chi connectivity index (χ0) is 15.7. The minimum atomic E-state index is -1.11. The average Bonchev–Trinajstić information content (AvgIpc) is 2.80. The second-order valence-corrected chi connectivity index (χ2v) is 5.35. The van der Waals surface area contributed by atoms with Crippen molar-refractivity contribution in [1.82, 2.24) is 15.5 Å². The molecule has 2 heterocycles. The summed E-state index contributed by atoms with van der Waals surface area (Å²) in [5, 5.41) is 10.9. The van der Waals surface area contributed by atoms with Gasteiger partial charge in [0.05, 0.1) is 0 Å². The molecule has 22 heavy (non-hydrogen) atoms. The lowest BCUT2D eigenvalue weighted by Crippen LogP contribution is -2.43. The fraction of sp³-hybridized carbons (Fsp3) is 0.200. The second-order valence-electron chi connectivity index (χ2n) is 4.92. The highest BCUT2D eigenvalue weighted by Gasteiger charge is 2.52. The van der Waals surface area contributed by atoms with Crippen LogP contribution in [0.25, 0.3) is 0 Å². The summed E-state index contributed by atoms with van der Waals surface area (Å²) < 4.78 is 0. The molecule has 1 fully saturated rings. The molecule has 1 aromatic heterocycles. The highest BCUT2D eigenvalue weighted by molar-refractivity contribution is 6.30. The Morgan fingerprint density at radius 2 is 1.95 bits per heavy atom. The highest BCUT2D eigenvalue weighted by atomic mass is 35.5. The lowest BCUT2D eigenvalue weighted by molar-refractivity contribution is -0.122. The van der Waals surface area contributed by atoms with E-state index in [0.29, 0.717) is 17.0 Å². The molecule has 1 aromatic carbocycles. The van der Waals surface area contributed by atoms with E-state index in [9.17, 15) is 9.59 Å². The lowest BCUT2D eigenvalue weighted by Gasteiger charge is -2.25. The molecular weight excluding hydrogens is 304 g/mol. The van der Waals surface area contributed by atoms with Crippen LogP contribution in [-0.2, 0) is 10.3 Å². The van der Waals surface area contributed by atoms with E-state index in [4.69, 9.17) is 11.6 Å². The van der Waals surface area contributed by atoms with Crippen LogP contribution in [0.1, 0.15) is 18.9 Å². The van der Waals surface area contributed by atoms with Crippen molar-refractivity contribution in [3.8, 4) is 0 Å². The Hall–Kier alpha value is -2.47. The van der Waals surface area contributed by atoms with Gasteiger partial charge in [-0.1, -0.05) is 30.7 Å². The van der Waals surface area contributed by atoms with Crippen LogP contribution in [0.15, 0.2) is 42.6 Å². The molecular formula is C15H13ClN4O2. The van der Waals surface area contributed by atoms with E-state index in [2.05, 4.69) is 15.5 Å². The minimum Gasteiger partial charge on any atom is -0.319 e. The molecule has 6 nitrogen and oxygen atoms in total. The molecule has 0 spiro atoms. The van der Waals surface area contributed by atoms with Crippen molar-refractivity contribution >= 4 is 29.4 Å². The molecule has 1 unspecified atom stereocenters. The predicted octanol–water partition coefficient (Wildman–Crippen LogP) is 2.49. The first-order chi connectivity index (χ1) is 10.6. The van der Waals surface area contributed by atoms with Crippen molar-refractivity contribution in [2.75, 3.05) is 4.90 Å².